The number of hydrogen-bond donors (Lipinski definition) is 3. The second-order valence-corrected chi connectivity index (χ2v) is 8.51. The van der Waals surface area contributed by atoms with Crippen LogP contribution in [0, 0.1) is 18.2 Å². The summed E-state index contributed by atoms with van der Waals surface area (Å²) < 4.78 is 15.0. The molecular formula is C24H21ClFN7O2. The minimum atomic E-state index is -0.557. The van der Waals surface area contributed by atoms with Crippen LogP contribution in [-0.2, 0) is 19.8 Å². The van der Waals surface area contributed by atoms with Crippen molar-refractivity contribution in [2.75, 3.05) is 5.17 Å². The van der Waals surface area contributed by atoms with E-state index >= 15 is 0 Å². The van der Waals surface area contributed by atoms with Crippen LogP contribution in [0.15, 0.2) is 54.7 Å². The molecule has 0 atom stereocenters. The molecule has 0 saturated carbocycles. The van der Waals surface area contributed by atoms with Crippen LogP contribution in [0.5, 0.6) is 0 Å². The van der Waals surface area contributed by atoms with E-state index < -0.39 is 5.82 Å². The molecule has 178 valence electrons. The molecule has 4 aromatic rings. The first-order valence-corrected chi connectivity index (χ1v) is 11.1. The largest absolute Gasteiger partial charge is 0.390 e. The third-order valence-electron chi connectivity index (χ3n) is 5.67. The van der Waals surface area contributed by atoms with Gasteiger partial charge >= 0.3 is 0 Å². The van der Waals surface area contributed by atoms with E-state index in [-0.39, 0.29) is 30.5 Å². The number of aromatic nitrogens is 4. The number of hydrogen-bond acceptors (Lipinski definition) is 8. The Morgan fingerprint density at radius 2 is 1.89 bits per heavy atom. The van der Waals surface area contributed by atoms with Crippen LogP contribution in [0.25, 0.3) is 22.4 Å². The maximum atomic E-state index is 13.5. The Hall–Kier alpha value is -3.70. The SMILES string of the molecule is Cc1cc(-c2c(-c3ccccc3)nc(=N)n3c2N(O)N(Cc2ncc(F)cc2Cl)C3)cc(CO)n1. The Labute approximate surface area is 204 Å². The molecule has 1 aliphatic rings. The van der Waals surface area contributed by atoms with Crippen molar-refractivity contribution >= 4 is 17.4 Å². The second-order valence-electron chi connectivity index (χ2n) is 8.10. The first-order valence-electron chi connectivity index (χ1n) is 10.7. The van der Waals surface area contributed by atoms with E-state index in [4.69, 9.17) is 17.0 Å². The lowest BCUT2D eigenvalue weighted by Crippen LogP contribution is -2.35. The van der Waals surface area contributed by atoms with Crippen LogP contribution < -0.4 is 10.8 Å². The zero-order valence-corrected chi connectivity index (χ0v) is 19.4. The van der Waals surface area contributed by atoms with Gasteiger partial charge in [0.2, 0.25) is 5.62 Å². The maximum Gasteiger partial charge on any atom is 0.225 e. The summed E-state index contributed by atoms with van der Waals surface area (Å²) in [5, 5.41) is 32.2. The Bertz CT molecular complexity index is 1480. The molecule has 11 heteroatoms. The molecule has 0 bridgehead atoms. The average molecular weight is 494 g/mol. The lowest BCUT2D eigenvalue weighted by molar-refractivity contribution is 0.0614. The van der Waals surface area contributed by atoms with Gasteiger partial charge in [0.05, 0.1) is 47.0 Å². The van der Waals surface area contributed by atoms with Gasteiger partial charge in [-0.3, -0.25) is 25.2 Å². The number of nitrogens with one attached hydrogen (secondary N) is 1. The van der Waals surface area contributed by atoms with Crippen molar-refractivity contribution in [1.29, 1.82) is 5.41 Å². The van der Waals surface area contributed by atoms with Crippen LogP contribution in [0.3, 0.4) is 0 Å². The van der Waals surface area contributed by atoms with Crippen molar-refractivity contribution in [3.05, 3.63) is 88.3 Å². The standard InChI is InChI=1S/C24H21ClFN7O2/c1-14-7-16(8-18(12-34)29-14)21-22(15-5-3-2-4-6-15)30-24(27)32-13-31(33(35)23(21)32)11-20-19(25)9-17(26)10-28-20/h2-10,27,34-35H,11-13H2,1H3. The zero-order chi connectivity index (χ0) is 24.7. The molecule has 0 unspecified atom stereocenters. The molecule has 1 aliphatic heterocycles. The summed E-state index contributed by atoms with van der Waals surface area (Å²) in [7, 11) is 0. The topological polar surface area (TPSA) is 114 Å². The quantitative estimate of drug-likeness (QED) is 0.388. The average Bonchev–Trinajstić information content (AvgIpc) is 3.17. The predicted octanol–water partition coefficient (Wildman–Crippen LogP) is 3.66. The molecule has 0 aliphatic carbocycles. The lowest BCUT2D eigenvalue weighted by atomic mass is 9.99. The molecule has 5 rings (SSSR count). The molecule has 9 nitrogen and oxygen atoms in total. The molecule has 0 amide bonds. The molecule has 4 heterocycles. The normalized spacial score (nSPS) is 13.3. The summed E-state index contributed by atoms with van der Waals surface area (Å²) >= 11 is 6.17. The highest BCUT2D eigenvalue weighted by molar-refractivity contribution is 6.31. The van der Waals surface area contributed by atoms with Gasteiger partial charge in [0.1, 0.15) is 12.5 Å². The van der Waals surface area contributed by atoms with Crippen LogP contribution in [0.4, 0.5) is 10.2 Å². The van der Waals surface area contributed by atoms with Gasteiger partial charge in [0.15, 0.2) is 5.82 Å². The number of hydrazine groups is 1. The summed E-state index contributed by atoms with van der Waals surface area (Å²) in [5.41, 5.74) is 3.95. The van der Waals surface area contributed by atoms with Gasteiger partial charge in [0.25, 0.3) is 0 Å². The van der Waals surface area contributed by atoms with Crippen molar-refractivity contribution in [2.24, 2.45) is 0 Å². The highest BCUT2D eigenvalue weighted by Gasteiger charge is 2.33. The molecule has 1 aromatic carbocycles. The zero-order valence-electron chi connectivity index (χ0n) is 18.7. The molecule has 35 heavy (non-hydrogen) atoms. The van der Waals surface area contributed by atoms with E-state index in [0.717, 1.165) is 23.0 Å². The summed E-state index contributed by atoms with van der Waals surface area (Å²) in [6, 6.07) is 14.1. The predicted molar refractivity (Wildman–Crippen MR) is 126 cm³/mol. The van der Waals surface area contributed by atoms with Gasteiger partial charge in [-0.05, 0) is 30.7 Å². The minimum Gasteiger partial charge on any atom is -0.390 e. The number of aliphatic hydroxyl groups excluding tert-OH is 1. The van der Waals surface area contributed by atoms with Crippen molar-refractivity contribution in [1.82, 2.24) is 24.5 Å². The Kier molecular flexibility index (Phi) is 6.03. The fourth-order valence-corrected chi connectivity index (χ4v) is 4.36. The van der Waals surface area contributed by atoms with Gasteiger partial charge < -0.3 is 5.11 Å². The number of fused-ring (bicyclic) bond motifs is 1. The first kappa shape index (κ1) is 23.1. The summed E-state index contributed by atoms with van der Waals surface area (Å²) in [5.74, 6) is -0.240. The van der Waals surface area contributed by atoms with Crippen molar-refractivity contribution in [3.8, 4) is 22.4 Å². The lowest BCUT2D eigenvalue weighted by Gasteiger charge is -2.24. The Morgan fingerprint density at radius 3 is 2.60 bits per heavy atom. The van der Waals surface area contributed by atoms with Crippen LogP contribution >= 0.6 is 11.6 Å². The molecular weight excluding hydrogens is 473 g/mol. The fraction of sp³-hybridized carbons (Fsp3) is 0.167. The Balaban J connectivity index is 1.70. The van der Waals surface area contributed by atoms with Gasteiger partial charge in [-0.1, -0.05) is 41.9 Å². The van der Waals surface area contributed by atoms with Crippen molar-refractivity contribution < 1.29 is 14.7 Å². The molecule has 3 N–H and O–H groups in total. The smallest absolute Gasteiger partial charge is 0.225 e. The number of rotatable bonds is 5. The van der Waals surface area contributed by atoms with E-state index in [1.165, 1.54) is 5.01 Å². The number of anilines is 1. The highest BCUT2D eigenvalue weighted by atomic mass is 35.5. The summed E-state index contributed by atoms with van der Waals surface area (Å²) in [6.07, 6.45) is 1.06. The number of pyridine rings is 2. The number of aryl methyl sites for hydroxylation is 1. The van der Waals surface area contributed by atoms with Gasteiger partial charge in [-0.25, -0.2) is 9.37 Å². The monoisotopic (exact) mass is 493 g/mol. The molecule has 0 fully saturated rings. The van der Waals surface area contributed by atoms with Crippen molar-refractivity contribution in [2.45, 2.75) is 26.7 Å². The van der Waals surface area contributed by atoms with E-state index in [1.54, 1.807) is 10.6 Å². The van der Waals surface area contributed by atoms with Crippen LogP contribution in [0.2, 0.25) is 5.02 Å². The second kappa shape index (κ2) is 9.16. The summed E-state index contributed by atoms with van der Waals surface area (Å²) in [4.78, 5) is 13.0. The number of nitrogens with zero attached hydrogens (tertiary/aromatic N) is 6. The minimum absolute atomic E-state index is 0.0597. The maximum absolute atomic E-state index is 13.5. The van der Waals surface area contributed by atoms with Crippen molar-refractivity contribution in [3.63, 3.8) is 0 Å². The third kappa shape index (κ3) is 4.28. The van der Waals surface area contributed by atoms with Gasteiger partial charge in [-0.15, -0.1) is 0 Å². The van der Waals surface area contributed by atoms with E-state index in [2.05, 4.69) is 15.0 Å². The first-order chi connectivity index (χ1) is 16.9. The van der Waals surface area contributed by atoms with E-state index in [1.807, 2.05) is 43.3 Å². The van der Waals surface area contributed by atoms with Crippen LogP contribution in [-0.4, -0.2) is 34.8 Å². The number of benzene rings is 1. The van der Waals surface area contributed by atoms with E-state index in [0.29, 0.717) is 39.7 Å². The van der Waals surface area contributed by atoms with Gasteiger partial charge in [0, 0.05) is 11.3 Å². The summed E-state index contributed by atoms with van der Waals surface area (Å²) in [6.45, 7) is 1.72. The molecule has 0 saturated heterocycles. The number of halogens is 2. The third-order valence-corrected chi connectivity index (χ3v) is 6.00. The van der Waals surface area contributed by atoms with E-state index in [9.17, 15) is 14.7 Å². The van der Waals surface area contributed by atoms with Crippen LogP contribution in [0.1, 0.15) is 17.1 Å². The molecule has 3 aromatic heterocycles. The highest BCUT2D eigenvalue weighted by Crippen LogP contribution is 2.40. The molecule has 0 radical (unpaired) electrons. The Morgan fingerprint density at radius 1 is 1.11 bits per heavy atom. The fourth-order valence-electron chi connectivity index (χ4n) is 4.14. The molecule has 0 spiro atoms. The van der Waals surface area contributed by atoms with Gasteiger partial charge in [-0.2, -0.15) is 10.2 Å². The number of aliphatic hydroxyl groups is 1.